The first-order valence-corrected chi connectivity index (χ1v) is 14.7. The maximum absolute atomic E-state index is 13.4. The first-order chi connectivity index (χ1) is 17.1. The summed E-state index contributed by atoms with van der Waals surface area (Å²) in [5.41, 5.74) is 2.04. The number of piperidine rings is 1. The zero-order valence-corrected chi connectivity index (χ0v) is 23.7. The lowest BCUT2D eigenvalue weighted by molar-refractivity contribution is 0.0936. The van der Waals surface area contributed by atoms with E-state index in [0.29, 0.717) is 39.9 Å². The molecule has 1 fully saturated rings. The minimum atomic E-state index is -3.74. The normalized spacial score (nSPS) is 16.0. The number of halogens is 3. The molecule has 1 N–H and O–H groups in total. The molecule has 1 saturated heterocycles. The van der Waals surface area contributed by atoms with Crippen LogP contribution in [0.1, 0.15) is 47.3 Å². The number of nitrogens with one attached hydrogen (secondary N) is 1. The van der Waals surface area contributed by atoms with Gasteiger partial charge in [0.05, 0.1) is 10.9 Å². The molecule has 1 atom stereocenters. The van der Waals surface area contributed by atoms with Gasteiger partial charge in [-0.25, -0.2) is 8.42 Å². The van der Waals surface area contributed by atoms with Crippen LogP contribution in [0.2, 0.25) is 10.0 Å². The van der Waals surface area contributed by atoms with Crippen LogP contribution in [0.25, 0.3) is 0 Å². The Morgan fingerprint density at radius 3 is 2.31 bits per heavy atom. The maximum atomic E-state index is 13.4. The monoisotopic (exact) mass is 608 g/mol. The van der Waals surface area contributed by atoms with Crippen molar-refractivity contribution in [3.8, 4) is 0 Å². The van der Waals surface area contributed by atoms with Crippen molar-refractivity contribution in [2.75, 3.05) is 13.1 Å². The van der Waals surface area contributed by atoms with Gasteiger partial charge < -0.3 is 5.32 Å². The summed E-state index contributed by atoms with van der Waals surface area (Å²) in [6.07, 6.45) is 2.15. The Balaban J connectivity index is 1.63. The van der Waals surface area contributed by atoms with E-state index in [1.54, 1.807) is 30.3 Å². The Labute approximate surface area is 231 Å². The summed E-state index contributed by atoms with van der Waals surface area (Å²) >= 11 is 15.9. The Hall–Kier alpha value is -1.90. The summed E-state index contributed by atoms with van der Waals surface area (Å²) in [5.74, 6) is 0.113. The second-order valence-electron chi connectivity index (χ2n) is 9.15. The molecule has 3 aromatic carbocycles. The number of nitrogens with zero attached hydrogens (tertiary/aromatic N) is 1. The molecule has 9 heteroatoms. The molecule has 5 nitrogen and oxygen atoms in total. The highest BCUT2D eigenvalue weighted by molar-refractivity contribution is 9.10. The van der Waals surface area contributed by atoms with Crippen LogP contribution in [-0.2, 0) is 16.4 Å². The van der Waals surface area contributed by atoms with Crippen molar-refractivity contribution in [1.29, 1.82) is 0 Å². The molecule has 1 amide bonds. The van der Waals surface area contributed by atoms with Crippen molar-refractivity contribution in [2.24, 2.45) is 5.92 Å². The smallest absolute Gasteiger partial charge is 0.251 e. The van der Waals surface area contributed by atoms with Crippen LogP contribution in [0, 0.1) is 5.92 Å². The van der Waals surface area contributed by atoms with Crippen molar-refractivity contribution in [1.82, 2.24) is 9.62 Å². The first kappa shape index (κ1) is 27.1. The molecule has 0 bridgehead atoms. The van der Waals surface area contributed by atoms with Gasteiger partial charge in [0.2, 0.25) is 10.0 Å². The van der Waals surface area contributed by atoms with Crippen molar-refractivity contribution in [3.05, 3.63) is 97.9 Å². The number of amides is 1. The van der Waals surface area contributed by atoms with Crippen LogP contribution in [-0.4, -0.2) is 31.7 Å². The van der Waals surface area contributed by atoms with Crippen molar-refractivity contribution in [3.63, 3.8) is 0 Å². The number of benzene rings is 3. The third-order valence-corrected chi connectivity index (χ3v) is 9.76. The van der Waals surface area contributed by atoms with Crippen LogP contribution < -0.4 is 5.32 Å². The van der Waals surface area contributed by atoms with Gasteiger partial charge in [0.1, 0.15) is 0 Å². The maximum Gasteiger partial charge on any atom is 0.251 e. The lowest BCUT2D eigenvalue weighted by atomic mass is 9.98. The van der Waals surface area contributed by atoms with E-state index in [1.807, 2.05) is 30.3 Å². The predicted octanol–water partition coefficient (Wildman–Crippen LogP) is 6.89. The fourth-order valence-electron chi connectivity index (χ4n) is 4.33. The lowest BCUT2D eigenvalue weighted by Crippen LogP contribution is -2.38. The van der Waals surface area contributed by atoms with Crippen LogP contribution >= 0.6 is 39.1 Å². The highest BCUT2D eigenvalue weighted by Crippen LogP contribution is 2.30. The van der Waals surface area contributed by atoms with E-state index < -0.39 is 16.1 Å². The molecule has 0 spiro atoms. The quantitative estimate of drug-likeness (QED) is 0.317. The van der Waals surface area contributed by atoms with Crippen molar-refractivity contribution < 1.29 is 13.2 Å². The Morgan fingerprint density at radius 1 is 1.03 bits per heavy atom. The summed E-state index contributed by atoms with van der Waals surface area (Å²) in [6, 6.07) is 19.2. The van der Waals surface area contributed by atoms with E-state index in [2.05, 4.69) is 28.2 Å². The number of hydrogen-bond donors (Lipinski definition) is 1. The molecule has 0 radical (unpaired) electrons. The molecule has 1 aliphatic heterocycles. The van der Waals surface area contributed by atoms with Gasteiger partial charge in [-0.1, -0.05) is 60.5 Å². The average molecular weight is 610 g/mol. The lowest BCUT2D eigenvalue weighted by Gasteiger charge is -2.29. The molecule has 0 aromatic heterocycles. The molecule has 0 saturated carbocycles. The highest BCUT2D eigenvalue weighted by Gasteiger charge is 2.30. The Bertz CT molecular complexity index is 1320. The fourth-order valence-corrected chi connectivity index (χ4v) is 7.29. The minimum Gasteiger partial charge on any atom is -0.345 e. The minimum absolute atomic E-state index is 0.0927. The van der Waals surface area contributed by atoms with Crippen LogP contribution in [0.15, 0.2) is 76.1 Å². The number of rotatable bonds is 7. The molecular weight excluding hydrogens is 583 g/mol. The molecular formula is C27H27BrCl2N2O3S. The average Bonchev–Trinajstić information content (AvgIpc) is 2.84. The molecule has 1 unspecified atom stereocenters. The summed E-state index contributed by atoms with van der Waals surface area (Å²) in [5, 5.41) is 4.00. The fraction of sp³-hybridized carbons (Fsp3) is 0.296. The third kappa shape index (κ3) is 6.50. The van der Waals surface area contributed by atoms with Gasteiger partial charge in [-0.3, -0.25) is 4.79 Å². The summed E-state index contributed by atoms with van der Waals surface area (Å²) in [7, 11) is -3.74. The third-order valence-electron chi connectivity index (χ3n) is 6.43. The van der Waals surface area contributed by atoms with Crippen LogP contribution in [0.3, 0.4) is 0 Å². The molecule has 0 aliphatic carbocycles. The van der Waals surface area contributed by atoms with E-state index >= 15 is 0 Å². The number of carbonyl (C=O) groups excluding carboxylic acids is 1. The van der Waals surface area contributed by atoms with Gasteiger partial charge in [-0.05, 0) is 88.6 Å². The highest BCUT2D eigenvalue weighted by atomic mass is 79.9. The molecule has 3 aromatic rings. The van der Waals surface area contributed by atoms with Gasteiger partial charge in [0.25, 0.3) is 5.91 Å². The molecule has 1 aliphatic rings. The summed E-state index contributed by atoms with van der Waals surface area (Å²) in [4.78, 5) is 13.5. The number of carbonyl (C=O) groups is 1. The van der Waals surface area contributed by atoms with Crippen molar-refractivity contribution in [2.45, 2.75) is 37.1 Å². The second kappa shape index (κ2) is 11.7. The van der Waals surface area contributed by atoms with Gasteiger partial charge >= 0.3 is 0 Å². The number of hydrogen-bond acceptors (Lipinski definition) is 3. The number of sulfonamides is 1. The van der Waals surface area contributed by atoms with Crippen LogP contribution in [0.5, 0.6) is 0 Å². The zero-order chi connectivity index (χ0) is 25.9. The van der Waals surface area contributed by atoms with E-state index in [1.165, 1.54) is 10.4 Å². The Morgan fingerprint density at radius 2 is 1.67 bits per heavy atom. The first-order valence-electron chi connectivity index (χ1n) is 11.7. The predicted molar refractivity (Wildman–Crippen MR) is 148 cm³/mol. The summed E-state index contributed by atoms with van der Waals surface area (Å²) in [6.45, 7) is 3.08. The SMILES string of the molecule is CC1CCN(S(=O)(=O)c2cc(C(=O)NC(Cc3ccccc3)c3cc(Cl)cc(Cl)c3)ccc2Br)CC1. The topological polar surface area (TPSA) is 66.5 Å². The standard InChI is InChI=1S/C27H27BrCl2N2O3S/c1-18-9-11-32(12-10-18)36(34,35)26-16-20(7-8-24(26)28)27(33)31-25(13-19-5-3-2-4-6-19)21-14-22(29)17-23(30)15-21/h2-8,14-18,25H,9-13H2,1H3,(H,31,33). The van der Waals surface area contributed by atoms with Gasteiger partial charge in [0.15, 0.2) is 0 Å². The van der Waals surface area contributed by atoms with Crippen LogP contribution in [0.4, 0.5) is 0 Å². The van der Waals surface area contributed by atoms with Gasteiger partial charge in [-0.15, -0.1) is 0 Å². The second-order valence-corrected chi connectivity index (χ2v) is 12.8. The molecule has 36 heavy (non-hydrogen) atoms. The Kier molecular flexibility index (Phi) is 8.79. The van der Waals surface area contributed by atoms with E-state index in [-0.39, 0.29) is 16.4 Å². The zero-order valence-electron chi connectivity index (χ0n) is 19.8. The van der Waals surface area contributed by atoms with Gasteiger partial charge in [-0.2, -0.15) is 4.31 Å². The summed E-state index contributed by atoms with van der Waals surface area (Å²) < 4.78 is 28.7. The van der Waals surface area contributed by atoms with E-state index in [9.17, 15) is 13.2 Å². The molecule has 190 valence electrons. The largest absolute Gasteiger partial charge is 0.345 e. The molecule has 1 heterocycles. The van der Waals surface area contributed by atoms with E-state index in [0.717, 1.165) is 24.0 Å². The van der Waals surface area contributed by atoms with Crippen molar-refractivity contribution >= 4 is 55.1 Å². The van der Waals surface area contributed by atoms with E-state index in [4.69, 9.17) is 23.2 Å². The molecule has 4 rings (SSSR count). The van der Waals surface area contributed by atoms with Gasteiger partial charge in [0, 0.05) is 33.2 Å².